The summed E-state index contributed by atoms with van der Waals surface area (Å²) in [4.78, 5) is 4.36. The largest absolute Gasteiger partial charge is 0.361 e. The number of aliphatic imine (C=N–C) groups is 1. The van der Waals surface area contributed by atoms with Crippen LogP contribution in [0.4, 0.5) is 0 Å². The van der Waals surface area contributed by atoms with Gasteiger partial charge in [-0.2, -0.15) is 0 Å². The van der Waals surface area contributed by atoms with Crippen LogP contribution in [0.5, 0.6) is 0 Å². The van der Waals surface area contributed by atoms with E-state index in [1.54, 1.807) is 7.05 Å². The first kappa shape index (κ1) is 22.0. The van der Waals surface area contributed by atoms with E-state index in [1.165, 1.54) is 18.4 Å². The summed E-state index contributed by atoms with van der Waals surface area (Å²) in [6.45, 7) is 5.69. The third kappa shape index (κ3) is 5.16. The molecule has 1 aliphatic rings. The van der Waals surface area contributed by atoms with Crippen molar-refractivity contribution in [2.75, 3.05) is 13.6 Å². The van der Waals surface area contributed by atoms with Gasteiger partial charge in [-0.1, -0.05) is 42.7 Å². The maximum atomic E-state index is 6.16. The Labute approximate surface area is 183 Å². The Bertz CT molecular complexity index is 765. The molecule has 0 unspecified atom stereocenters. The number of halogens is 2. The maximum absolute atomic E-state index is 6.16. The van der Waals surface area contributed by atoms with Crippen LogP contribution in [0.15, 0.2) is 33.8 Å². The number of nitrogens with one attached hydrogen (secondary N) is 2. The van der Waals surface area contributed by atoms with Crippen molar-refractivity contribution in [3.63, 3.8) is 0 Å². The van der Waals surface area contributed by atoms with E-state index in [2.05, 4.69) is 46.8 Å². The van der Waals surface area contributed by atoms with E-state index in [1.807, 2.05) is 12.1 Å². The molecule has 148 valence electrons. The SMILES string of the molecule is CCc1noc(CC)c1CNC(=NC)NCC1(c2cccc(Cl)c2)CC1.I. The summed E-state index contributed by atoms with van der Waals surface area (Å²) >= 11 is 6.16. The molecule has 7 heteroatoms. The minimum absolute atomic E-state index is 0. The molecular formula is C20H28ClIN4O. The molecule has 0 amide bonds. The quantitative estimate of drug-likeness (QED) is 0.333. The molecule has 27 heavy (non-hydrogen) atoms. The van der Waals surface area contributed by atoms with E-state index in [-0.39, 0.29) is 29.4 Å². The van der Waals surface area contributed by atoms with Gasteiger partial charge in [0.2, 0.25) is 0 Å². The van der Waals surface area contributed by atoms with Crippen LogP contribution in [0, 0.1) is 0 Å². The number of guanidine groups is 1. The van der Waals surface area contributed by atoms with Crippen molar-refractivity contribution in [2.24, 2.45) is 4.99 Å². The Balaban J connectivity index is 0.00000261. The fraction of sp³-hybridized carbons (Fsp3) is 0.500. The van der Waals surface area contributed by atoms with Crippen molar-refractivity contribution >= 4 is 41.5 Å². The van der Waals surface area contributed by atoms with Crippen LogP contribution in [0.3, 0.4) is 0 Å². The number of hydrogen-bond acceptors (Lipinski definition) is 3. The summed E-state index contributed by atoms with van der Waals surface area (Å²) in [5.74, 6) is 1.74. The van der Waals surface area contributed by atoms with E-state index in [4.69, 9.17) is 16.1 Å². The summed E-state index contributed by atoms with van der Waals surface area (Å²) in [6.07, 6.45) is 4.05. The second-order valence-electron chi connectivity index (χ2n) is 6.81. The number of aryl methyl sites for hydroxylation is 2. The first-order chi connectivity index (χ1) is 12.6. The highest BCUT2D eigenvalue weighted by Crippen LogP contribution is 2.48. The fourth-order valence-electron chi connectivity index (χ4n) is 3.32. The van der Waals surface area contributed by atoms with Crippen molar-refractivity contribution < 1.29 is 4.52 Å². The van der Waals surface area contributed by atoms with Crippen molar-refractivity contribution in [3.8, 4) is 0 Å². The third-order valence-electron chi connectivity index (χ3n) is 5.15. The van der Waals surface area contributed by atoms with E-state index >= 15 is 0 Å². The molecule has 5 nitrogen and oxygen atoms in total. The summed E-state index contributed by atoms with van der Waals surface area (Å²) in [6, 6.07) is 8.18. The van der Waals surface area contributed by atoms with Crippen LogP contribution in [-0.2, 0) is 24.8 Å². The topological polar surface area (TPSA) is 62.5 Å². The van der Waals surface area contributed by atoms with E-state index in [0.717, 1.165) is 47.4 Å². The number of rotatable bonds is 7. The normalized spacial score (nSPS) is 15.2. The minimum atomic E-state index is 0. The molecule has 1 fully saturated rings. The highest BCUT2D eigenvalue weighted by molar-refractivity contribution is 14.0. The molecule has 0 saturated heterocycles. The zero-order valence-electron chi connectivity index (χ0n) is 16.1. The standard InChI is InChI=1S/C20H27ClN4O.HI/c1-4-17-16(18(5-2)26-25-17)12-23-19(22-3)24-13-20(9-10-20)14-7-6-8-15(21)11-14;/h6-8,11H,4-5,9-10,12-13H2,1-3H3,(H2,22,23,24);1H. The summed E-state index contributed by atoms with van der Waals surface area (Å²) in [7, 11) is 1.80. The Kier molecular flexibility index (Phi) is 7.97. The first-order valence-electron chi connectivity index (χ1n) is 9.28. The van der Waals surface area contributed by atoms with E-state index < -0.39 is 0 Å². The second-order valence-corrected chi connectivity index (χ2v) is 7.24. The monoisotopic (exact) mass is 502 g/mol. The average molecular weight is 503 g/mol. The summed E-state index contributed by atoms with van der Waals surface area (Å²) < 4.78 is 5.43. The van der Waals surface area contributed by atoms with Gasteiger partial charge in [0.25, 0.3) is 0 Å². The van der Waals surface area contributed by atoms with Crippen LogP contribution >= 0.6 is 35.6 Å². The van der Waals surface area contributed by atoms with Crippen LogP contribution in [0.2, 0.25) is 5.02 Å². The van der Waals surface area contributed by atoms with Crippen molar-refractivity contribution in [1.82, 2.24) is 15.8 Å². The van der Waals surface area contributed by atoms with Gasteiger partial charge in [-0.3, -0.25) is 4.99 Å². The molecule has 3 rings (SSSR count). The molecule has 2 aromatic rings. The average Bonchev–Trinajstić information content (AvgIpc) is 3.35. The lowest BCUT2D eigenvalue weighted by Crippen LogP contribution is -2.41. The smallest absolute Gasteiger partial charge is 0.191 e. The van der Waals surface area contributed by atoms with Gasteiger partial charge in [0.05, 0.1) is 5.69 Å². The van der Waals surface area contributed by atoms with Crippen molar-refractivity contribution in [3.05, 3.63) is 51.9 Å². The Morgan fingerprint density at radius 3 is 2.63 bits per heavy atom. The number of nitrogens with zero attached hydrogens (tertiary/aromatic N) is 2. The lowest BCUT2D eigenvalue weighted by atomic mass is 9.96. The van der Waals surface area contributed by atoms with Crippen LogP contribution in [0.25, 0.3) is 0 Å². The van der Waals surface area contributed by atoms with Crippen LogP contribution in [0.1, 0.15) is 49.3 Å². The minimum Gasteiger partial charge on any atom is -0.361 e. The lowest BCUT2D eigenvalue weighted by molar-refractivity contribution is 0.380. The molecule has 1 aromatic carbocycles. The molecule has 0 bridgehead atoms. The van der Waals surface area contributed by atoms with E-state index in [9.17, 15) is 0 Å². The Morgan fingerprint density at radius 1 is 1.26 bits per heavy atom. The Hall–Kier alpha value is -1.28. The van der Waals surface area contributed by atoms with Gasteiger partial charge in [0, 0.05) is 42.6 Å². The van der Waals surface area contributed by atoms with Gasteiger partial charge in [0.15, 0.2) is 5.96 Å². The number of aromatic nitrogens is 1. The molecule has 2 N–H and O–H groups in total. The van der Waals surface area contributed by atoms with Gasteiger partial charge in [-0.25, -0.2) is 0 Å². The predicted molar refractivity (Wildman–Crippen MR) is 121 cm³/mol. The highest BCUT2D eigenvalue weighted by Gasteiger charge is 2.44. The molecule has 0 atom stereocenters. The Morgan fingerprint density at radius 2 is 2.04 bits per heavy atom. The van der Waals surface area contributed by atoms with Gasteiger partial charge in [0.1, 0.15) is 5.76 Å². The molecular weight excluding hydrogens is 475 g/mol. The molecule has 0 aliphatic heterocycles. The maximum Gasteiger partial charge on any atom is 0.191 e. The molecule has 0 radical (unpaired) electrons. The van der Waals surface area contributed by atoms with Crippen LogP contribution < -0.4 is 10.6 Å². The zero-order valence-corrected chi connectivity index (χ0v) is 19.2. The summed E-state index contributed by atoms with van der Waals surface area (Å²) in [5.41, 5.74) is 3.63. The van der Waals surface area contributed by atoms with Crippen LogP contribution in [-0.4, -0.2) is 24.7 Å². The zero-order chi connectivity index (χ0) is 18.6. The summed E-state index contributed by atoms with van der Waals surface area (Å²) in [5, 5.41) is 11.8. The number of hydrogen-bond donors (Lipinski definition) is 2. The fourth-order valence-corrected chi connectivity index (χ4v) is 3.51. The van der Waals surface area contributed by atoms with Crippen molar-refractivity contribution in [2.45, 2.75) is 51.5 Å². The lowest BCUT2D eigenvalue weighted by Gasteiger charge is -2.19. The molecule has 1 aliphatic carbocycles. The number of benzene rings is 1. The highest BCUT2D eigenvalue weighted by atomic mass is 127. The molecule has 1 heterocycles. The third-order valence-corrected chi connectivity index (χ3v) is 5.38. The predicted octanol–water partition coefficient (Wildman–Crippen LogP) is 4.47. The molecule has 0 spiro atoms. The van der Waals surface area contributed by atoms with E-state index in [0.29, 0.717) is 6.54 Å². The second kappa shape index (κ2) is 9.78. The van der Waals surface area contributed by atoms with Gasteiger partial charge >= 0.3 is 0 Å². The molecule has 1 saturated carbocycles. The first-order valence-corrected chi connectivity index (χ1v) is 9.66. The van der Waals surface area contributed by atoms with Gasteiger partial charge in [-0.15, -0.1) is 24.0 Å². The van der Waals surface area contributed by atoms with Gasteiger partial charge < -0.3 is 15.2 Å². The van der Waals surface area contributed by atoms with Gasteiger partial charge in [-0.05, 0) is 37.0 Å². The van der Waals surface area contributed by atoms with Crippen molar-refractivity contribution in [1.29, 1.82) is 0 Å². The molecule has 1 aromatic heterocycles.